The Morgan fingerprint density at radius 3 is 2.86 bits per heavy atom. The van der Waals surface area contributed by atoms with Gasteiger partial charge in [0.25, 0.3) is 0 Å². The normalized spacial score (nSPS) is 15.8. The van der Waals surface area contributed by atoms with Crippen LogP contribution in [-0.4, -0.2) is 34.1 Å². The van der Waals surface area contributed by atoms with Crippen LogP contribution in [0.25, 0.3) is 11.3 Å². The van der Waals surface area contributed by atoms with Gasteiger partial charge in [-0.2, -0.15) is 5.26 Å². The summed E-state index contributed by atoms with van der Waals surface area (Å²) in [7, 11) is 0. The average Bonchev–Trinajstić information content (AvgIpc) is 3.22. The van der Waals surface area contributed by atoms with Crippen LogP contribution < -0.4 is 15.4 Å². The Morgan fingerprint density at radius 2 is 2.07 bits per heavy atom. The van der Waals surface area contributed by atoms with Crippen LogP contribution in [0.4, 0.5) is 11.6 Å². The zero-order valence-corrected chi connectivity index (χ0v) is 15.6. The molecule has 1 aromatic carbocycles. The molecule has 0 aliphatic carbocycles. The smallest absolute Gasteiger partial charge is 0.227 e. The van der Waals surface area contributed by atoms with Crippen molar-refractivity contribution in [3.05, 3.63) is 59.5 Å². The molecule has 1 atom stereocenters. The van der Waals surface area contributed by atoms with E-state index in [-0.39, 0.29) is 6.10 Å². The third-order valence-corrected chi connectivity index (χ3v) is 4.55. The largest absolute Gasteiger partial charge is 0.488 e. The fourth-order valence-electron chi connectivity index (χ4n) is 2.98. The summed E-state index contributed by atoms with van der Waals surface area (Å²) in [6, 6.07) is 13.0. The minimum atomic E-state index is 0.0972. The number of benzene rings is 1. The molecule has 1 saturated heterocycles. The van der Waals surface area contributed by atoms with Gasteiger partial charge in [-0.1, -0.05) is 11.6 Å². The number of ether oxygens (including phenoxy) is 1. The van der Waals surface area contributed by atoms with Crippen molar-refractivity contribution >= 4 is 23.2 Å². The summed E-state index contributed by atoms with van der Waals surface area (Å²) >= 11 is 5.91. The average molecular weight is 393 g/mol. The molecule has 0 radical (unpaired) electrons. The van der Waals surface area contributed by atoms with Gasteiger partial charge in [0.15, 0.2) is 0 Å². The molecule has 28 heavy (non-hydrogen) atoms. The van der Waals surface area contributed by atoms with Gasteiger partial charge in [0, 0.05) is 30.2 Å². The van der Waals surface area contributed by atoms with Gasteiger partial charge in [-0.25, -0.2) is 15.0 Å². The van der Waals surface area contributed by atoms with E-state index in [4.69, 9.17) is 16.3 Å². The summed E-state index contributed by atoms with van der Waals surface area (Å²) in [6.45, 7) is 1.73. The summed E-state index contributed by atoms with van der Waals surface area (Å²) in [5.41, 5.74) is 2.73. The van der Waals surface area contributed by atoms with Gasteiger partial charge in [0.2, 0.25) is 5.95 Å². The summed E-state index contributed by atoms with van der Waals surface area (Å²) < 4.78 is 5.95. The number of nitrogens with one attached hydrogen (secondary N) is 2. The topological polar surface area (TPSA) is 95.8 Å². The summed E-state index contributed by atoms with van der Waals surface area (Å²) in [6.07, 6.45) is 4.30. The molecule has 4 rings (SSSR count). The number of nitrogens with zero attached hydrogens (tertiary/aromatic N) is 4. The van der Waals surface area contributed by atoms with Gasteiger partial charge < -0.3 is 15.4 Å². The van der Waals surface area contributed by atoms with Gasteiger partial charge in [0.05, 0.1) is 11.3 Å². The second-order valence-electron chi connectivity index (χ2n) is 6.31. The molecule has 2 N–H and O–H groups in total. The van der Waals surface area contributed by atoms with Crippen LogP contribution in [0.1, 0.15) is 12.0 Å². The Labute approximate surface area is 167 Å². The molecule has 3 heterocycles. The van der Waals surface area contributed by atoms with Crippen LogP contribution in [0.15, 0.2) is 48.8 Å². The fraction of sp³-hybridized carbons (Fsp3) is 0.200. The predicted molar refractivity (Wildman–Crippen MR) is 107 cm³/mol. The number of pyridine rings is 1. The minimum Gasteiger partial charge on any atom is -0.488 e. The van der Waals surface area contributed by atoms with Crippen LogP contribution >= 0.6 is 11.6 Å². The van der Waals surface area contributed by atoms with Gasteiger partial charge >= 0.3 is 0 Å². The van der Waals surface area contributed by atoms with E-state index in [1.807, 2.05) is 12.1 Å². The summed E-state index contributed by atoms with van der Waals surface area (Å²) in [4.78, 5) is 12.7. The van der Waals surface area contributed by atoms with E-state index in [0.29, 0.717) is 28.1 Å². The van der Waals surface area contributed by atoms with Crippen molar-refractivity contribution in [1.82, 2.24) is 20.3 Å². The number of anilines is 2. The highest BCUT2D eigenvalue weighted by Crippen LogP contribution is 2.27. The van der Waals surface area contributed by atoms with Crippen LogP contribution in [-0.2, 0) is 0 Å². The molecule has 140 valence electrons. The zero-order valence-electron chi connectivity index (χ0n) is 14.9. The monoisotopic (exact) mass is 392 g/mol. The van der Waals surface area contributed by atoms with Gasteiger partial charge in [-0.05, 0) is 49.4 Å². The lowest BCUT2D eigenvalue weighted by Gasteiger charge is -2.14. The maximum absolute atomic E-state index is 9.53. The summed E-state index contributed by atoms with van der Waals surface area (Å²) in [5.74, 6) is 1.02. The van der Waals surface area contributed by atoms with E-state index in [2.05, 4.69) is 31.7 Å². The Balaban J connectivity index is 1.57. The molecule has 1 aliphatic rings. The maximum atomic E-state index is 9.53. The molecule has 2 aromatic heterocycles. The first-order valence-electron chi connectivity index (χ1n) is 8.85. The number of nitriles is 1. The second kappa shape index (κ2) is 8.21. The third kappa shape index (κ3) is 4.19. The number of hydrogen-bond donors (Lipinski definition) is 2. The quantitative estimate of drug-likeness (QED) is 0.641. The van der Waals surface area contributed by atoms with E-state index in [9.17, 15) is 5.26 Å². The maximum Gasteiger partial charge on any atom is 0.227 e. The van der Waals surface area contributed by atoms with Crippen LogP contribution in [0.3, 0.4) is 0 Å². The summed E-state index contributed by atoms with van der Waals surface area (Å²) in [5, 5.41) is 16.3. The molecular formula is C20H17ClN6O. The Kier molecular flexibility index (Phi) is 5.33. The van der Waals surface area contributed by atoms with Crippen molar-refractivity contribution in [2.45, 2.75) is 12.5 Å². The molecule has 1 aliphatic heterocycles. The second-order valence-corrected chi connectivity index (χ2v) is 6.70. The SMILES string of the molecule is N#Cc1cc(-c2ccnc(Nc3ccnc(Cl)c3)n2)ccc1OC1CCNC1. The molecule has 0 saturated carbocycles. The van der Waals surface area contributed by atoms with E-state index < -0.39 is 0 Å². The van der Waals surface area contributed by atoms with E-state index in [1.54, 1.807) is 36.7 Å². The Morgan fingerprint density at radius 1 is 1.18 bits per heavy atom. The lowest BCUT2D eigenvalue weighted by Crippen LogP contribution is -2.20. The van der Waals surface area contributed by atoms with Crippen molar-refractivity contribution in [2.75, 3.05) is 18.4 Å². The van der Waals surface area contributed by atoms with Crippen molar-refractivity contribution in [1.29, 1.82) is 5.26 Å². The van der Waals surface area contributed by atoms with E-state index in [1.165, 1.54) is 0 Å². The molecule has 0 amide bonds. The van der Waals surface area contributed by atoms with Gasteiger partial charge in [-0.3, -0.25) is 0 Å². The van der Waals surface area contributed by atoms with Crippen molar-refractivity contribution in [3.63, 3.8) is 0 Å². The highest BCUT2D eigenvalue weighted by atomic mass is 35.5. The first-order valence-corrected chi connectivity index (χ1v) is 9.22. The molecule has 1 fully saturated rings. The number of halogens is 1. The minimum absolute atomic E-state index is 0.0972. The highest BCUT2D eigenvalue weighted by Gasteiger charge is 2.18. The first kappa shape index (κ1) is 18.2. The van der Waals surface area contributed by atoms with Gasteiger partial charge in [-0.15, -0.1) is 0 Å². The third-order valence-electron chi connectivity index (χ3n) is 4.34. The van der Waals surface area contributed by atoms with Crippen molar-refractivity contribution in [2.24, 2.45) is 0 Å². The predicted octanol–water partition coefficient (Wildman–Crippen LogP) is 3.55. The zero-order chi connectivity index (χ0) is 19.3. The first-order chi connectivity index (χ1) is 13.7. The van der Waals surface area contributed by atoms with E-state index in [0.717, 1.165) is 30.8 Å². The fourth-order valence-corrected chi connectivity index (χ4v) is 3.15. The molecule has 8 heteroatoms. The Bertz CT molecular complexity index is 1030. The standard InChI is InChI=1S/C20H17ClN6O/c21-19-10-15(3-7-24-19)26-20-25-8-5-17(27-20)13-1-2-18(14(9-13)11-22)28-16-4-6-23-12-16/h1-3,5,7-10,16,23H,4,6,12H2,(H,24,25,26,27). The number of aromatic nitrogens is 3. The highest BCUT2D eigenvalue weighted by molar-refractivity contribution is 6.29. The molecule has 7 nitrogen and oxygen atoms in total. The van der Waals surface area contributed by atoms with Crippen LogP contribution in [0, 0.1) is 11.3 Å². The number of hydrogen-bond acceptors (Lipinski definition) is 7. The molecular weight excluding hydrogens is 376 g/mol. The van der Waals surface area contributed by atoms with Crippen molar-refractivity contribution in [3.8, 4) is 23.1 Å². The molecule has 1 unspecified atom stereocenters. The van der Waals surface area contributed by atoms with Crippen molar-refractivity contribution < 1.29 is 4.74 Å². The lowest BCUT2D eigenvalue weighted by molar-refractivity contribution is 0.222. The molecule has 3 aromatic rings. The molecule has 0 bridgehead atoms. The van der Waals surface area contributed by atoms with Crippen LogP contribution in [0.5, 0.6) is 5.75 Å². The van der Waals surface area contributed by atoms with Crippen LogP contribution in [0.2, 0.25) is 5.15 Å². The number of rotatable bonds is 5. The van der Waals surface area contributed by atoms with E-state index >= 15 is 0 Å². The molecule has 0 spiro atoms. The lowest BCUT2D eigenvalue weighted by atomic mass is 10.1. The van der Waals surface area contributed by atoms with Gasteiger partial charge in [0.1, 0.15) is 23.1 Å². The Hall–Kier alpha value is -3.21.